The highest BCUT2D eigenvalue weighted by Gasteiger charge is 2.58. The Bertz CT molecular complexity index is 453. The largest absolute Gasteiger partial charge is 0.416 e. The van der Waals surface area contributed by atoms with Gasteiger partial charge in [0.2, 0.25) is 0 Å². The van der Waals surface area contributed by atoms with Gasteiger partial charge in [0.25, 0.3) is 0 Å². The maximum absolute atomic E-state index is 14.5. The lowest BCUT2D eigenvalue weighted by Gasteiger charge is -2.46. The van der Waals surface area contributed by atoms with Crippen molar-refractivity contribution in [1.29, 1.82) is 0 Å². The van der Waals surface area contributed by atoms with E-state index >= 15 is 0 Å². The van der Waals surface area contributed by atoms with Gasteiger partial charge in [-0.25, -0.2) is 4.39 Å². The van der Waals surface area contributed by atoms with Gasteiger partial charge in [0, 0.05) is 24.9 Å². The molecule has 2 fully saturated rings. The molecule has 1 aromatic rings. The predicted octanol–water partition coefficient (Wildman–Crippen LogP) is 3.12. The quantitative estimate of drug-likeness (QED) is 0.764. The molecule has 0 unspecified atom stereocenters. The van der Waals surface area contributed by atoms with Gasteiger partial charge in [0.1, 0.15) is 5.67 Å². The molecule has 3 rings (SSSR count). The monoisotopic (exact) mass is 259 g/mol. The van der Waals surface area contributed by atoms with Crippen LogP contribution in [0, 0.1) is 5.92 Å². The SMILES string of the molecule is FC(F)(F)c1ccc([C@H]2C[C@@H]3CNC[C@@]32F)cc1. The highest BCUT2D eigenvalue weighted by atomic mass is 19.4. The maximum Gasteiger partial charge on any atom is 0.416 e. The third-order valence-electron chi connectivity index (χ3n) is 4.21. The van der Waals surface area contributed by atoms with Crippen LogP contribution in [0.4, 0.5) is 17.6 Å². The van der Waals surface area contributed by atoms with Crippen LogP contribution in [0.25, 0.3) is 0 Å². The summed E-state index contributed by atoms with van der Waals surface area (Å²) in [5.41, 5.74) is -1.27. The standard InChI is InChI=1S/C13H13F4N/c14-12-7-18-6-10(12)5-11(12)8-1-3-9(4-2-8)13(15,16)17/h1-4,10-11,18H,5-7H2/t10-,11-,12-/m1/s1. The first-order chi connectivity index (χ1) is 8.41. The van der Waals surface area contributed by atoms with Crippen LogP contribution in [0.1, 0.15) is 23.5 Å². The highest BCUT2D eigenvalue weighted by molar-refractivity contribution is 5.33. The van der Waals surface area contributed by atoms with Crippen LogP contribution in [0.3, 0.4) is 0 Å². The first-order valence-corrected chi connectivity index (χ1v) is 5.98. The molecular formula is C13H13F4N. The molecule has 18 heavy (non-hydrogen) atoms. The van der Waals surface area contributed by atoms with E-state index in [9.17, 15) is 17.6 Å². The molecule has 1 saturated carbocycles. The van der Waals surface area contributed by atoms with E-state index in [0.29, 0.717) is 18.7 Å². The van der Waals surface area contributed by atoms with Gasteiger partial charge >= 0.3 is 6.18 Å². The Morgan fingerprint density at radius 2 is 1.83 bits per heavy atom. The van der Waals surface area contributed by atoms with Gasteiger partial charge in [0.15, 0.2) is 0 Å². The molecule has 3 atom stereocenters. The smallest absolute Gasteiger partial charge is 0.313 e. The molecule has 98 valence electrons. The van der Waals surface area contributed by atoms with Crippen LogP contribution in [0.15, 0.2) is 24.3 Å². The van der Waals surface area contributed by atoms with Crippen LogP contribution in [-0.4, -0.2) is 18.8 Å². The molecule has 1 aliphatic carbocycles. The Morgan fingerprint density at radius 1 is 1.17 bits per heavy atom. The minimum absolute atomic E-state index is 0.0183. The lowest BCUT2D eigenvalue weighted by Crippen LogP contribution is -2.49. The van der Waals surface area contributed by atoms with Gasteiger partial charge in [-0.3, -0.25) is 0 Å². The van der Waals surface area contributed by atoms with E-state index in [1.807, 2.05) is 0 Å². The van der Waals surface area contributed by atoms with Crippen molar-refractivity contribution in [3.63, 3.8) is 0 Å². The Morgan fingerprint density at radius 3 is 2.39 bits per heavy atom. The summed E-state index contributed by atoms with van der Waals surface area (Å²) in [6.45, 7) is 0.983. The molecule has 2 aliphatic rings. The lowest BCUT2D eigenvalue weighted by molar-refractivity contribution is -0.137. The normalized spacial score (nSPS) is 35.1. The summed E-state index contributed by atoms with van der Waals surface area (Å²) in [6.07, 6.45) is -3.61. The Kier molecular flexibility index (Phi) is 2.46. The Balaban J connectivity index is 1.82. The molecule has 5 heteroatoms. The fraction of sp³-hybridized carbons (Fsp3) is 0.538. The zero-order valence-corrected chi connectivity index (χ0v) is 9.60. The minimum Gasteiger partial charge on any atom is -0.313 e. The number of hydrogen-bond donors (Lipinski definition) is 1. The molecule has 0 spiro atoms. The summed E-state index contributed by atoms with van der Waals surface area (Å²) in [5, 5.41) is 3.01. The van der Waals surface area contributed by atoms with E-state index < -0.39 is 17.4 Å². The summed E-state index contributed by atoms with van der Waals surface area (Å²) in [7, 11) is 0. The van der Waals surface area contributed by atoms with Crippen molar-refractivity contribution in [3.8, 4) is 0 Å². The van der Waals surface area contributed by atoms with Crippen LogP contribution in [0.2, 0.25) is 0 Å². The lowest BCUT2D eigenvalue weighted by atomic mass is 9.61. The van der Waals surface area contributed by atoms with Gasteiger partial charge in [-0.15, -0.1) is 0 Å². The van der Waals surface area contributed by atoms with Crippen molar-refractivity contribution in [1.82, 2.24) is 5.32 Å². The summed E-state index contributed by atoms with van der Waals surface area (Å²) < 4.78 is 51.8. The molecule has 1 heterocycles. The van der Waals surface area contributed by atoms with E-state index in [1.54, 1.807) is 0 Å². The van der Waals surface area contributed by atoms with Crippen molar-refractivity contribution in [2.75, 3.05) is 13.1 Å². The van der Waals surface area contributed by atoms with Crippen LogP contribution in [0.5, 0.6) is 0 Å². The highest BCUT2D eigenvalue weighted by Crippen LogP contribution is 2.55. The van der Waals surface area contributed by atoms with Crippen molar-refractivity contribution in [2.24, 2.45) is 5.92 Å². The fourth-order valence-corrected chi connectivity index (χ4v) is 3.08. The molecule has 0 amide bonds. The Hall–Kier alpha value is -1.10. The molecular weight excluding hydrogens is 246 g/mol. The maximum atomic E-state index is 14.5. The average Bonchev–Trinajstić information content (AvgIpc) is 2.57. The molecule has 1 aromatic carbocycles. The van der Waals surface area contributed by atoms with Gasteiger partial charge < -0.3 is 5.32 Å². The number of fused-ring (bicyclic) bond motifs is 1. The second-order valence-corrected chi connectivity index (χ2v) is 5.16. The van der Waals surface area contributed by atoms with Gasteiger partial charge in [-0.1, -0.05) is 12.1 Å². The molecule has 1 nitrogen and oxygen atoms in total. The zero-order chi connectivity index (χ0) is 13.0. The number of hydrogen-bond acceptors (Lipinski definition) is 1. The van der Waals surface area contributed by atoms with E-state index in [0.717, 1.165) is 18.6 Å². The number of halogens is 4. The first kappa shape index (κ1) is 12.0. The fourth-order valence-electron chi connectivity index (χ4n) is 3.08. The summed E-state index contributed by atoms with van der Waals surface area (Å²) in [6, 6.07) is 4.88. The van der Waals surface area contributed by atoms with Crippen LogP contribution >= 0.6 is 0 Å². The molecule has 0 aromatic heterocycles. The summed E-state index contributed by atoms with van der Waals surface area (Å²) >= 11 is 0. The van der Waals surface area contributed by atoms with E-state index in [4.69, 9.17) is 0 Å². The second kappa shape index (κ2) is 3.70. The number of benzene rings is 1. The topological polar surface area (TPSA) is 12.0 Å². The average molecular weight is 259 g/mol. The summed E-state index contributed by atoms with van der Waals surface area (Å²) in [4.78, 5) is 0. The second-order valence-electron chi connectivity index (χ2n) is 5.16. The zero-order valence-electron chi connectivity index (χ0n) is 9.60. The van der Waals surface area contributed by atoms with Crippen molar-refractivity contribution in [2.45, 2.75) is 24.2 Å². The van der Waals surface area contributed by atoms with Crippen LogP contribution < -0.4 is 5.32 Å². The predicted molar refractivity (Wildman–Crippen MR) is 59.0 cm³/mol. The number of alkyl halides is 4. The van der Waals surface area contributed by atoms with Crippen molar-refractivity contribution < 1.29 is 17.6 Å². The molecule has 1 N–H and O–H groups in total. The van der Waals surface area contributed by atoms with Gasteiger partial charge in [0.05, 0.1) is 5.56 Å². The van der Waals surface area contributed by atoms with E-state index in [2.05, 4.69) is 5.32 Å². The van der Waals surface area contributed by atoms with Crippen LogP contribution in [-0.2, 0) is 6.18 Å². The molecule has 0 radical (unpaired) electrons. The first-order valence-electron chi connectivity index (χ1n) is 5.98. The molecule has 1 saturated heterocycles. The number of nitrogens with one attached hydrogen (secondary N) is 1. The van der Waals surface area contributed by atoms with E-state index in [1.165, 1.54) is 12.1 Å². The summed E-state index contributed by atoms with van der Waals surface area (Å²) in [5.74, 6) is -0.246. The van der Waals surface area contributed by atoms with Crippen molar-refractivity contribution >= 4 is 0 Å². The Labute approximate surface area is 102 Å². The molecule has 1 aliphatic heterocycles. The third kappa shape index (κ3) is 1.64. The van der Waals surface area contributed by atoms with Crippen molar-refractivity contribution in [3.05, 3.63) is 35.4 Å². The minimum atomic E-state index is -4.33. The van der Waals surface area contributed by atoms with Gasteiger partial charge in [-0.2, -0.15) is 13.2 Å². The van der Waals surface area contributed by atoms with Gasteiger partial charge in [-0.05, 0) is 24.1 Å². The van der Waals surface area contributed by atoms with E-state index in [-0.39, 0.29) is 11.8 Å². The third-order valence-corrected chi connectivity index (χ3v) is 4.21. The molecule has 0 bridgehead atoms. The number of rotatable bonds is 1.